The van der Waals surface area contributed by atoms with Gasteiger partial charge in [-0.15, -0.1) is 0 Å². The van der Waals surface area contributed by atoms with Crippen molar-refractivity contribution < 1.29 is 9.18 Å². The highest BCUT2D eigenvalue weighted by molar-refractivity contribution is 5.89. The molecule has 0 atom stereocenters. The van der Waals surface area contributed by atoms with Crippen LogP contribution in [0.4, 0.5) is 26.4 Å². The quantitative estimate of drug-likeness (QED) is 0.778. The maximum absolute atomic E-state index is 12.9. The fourth-order valence-electron chi connectivity index (χ4n) is 2.82. The average Bonchev–Trinajstić information content (AvgIpc) is 2.59. The molecule has 2 aromatic rings. The minimum atomic E-state index is -0.281. The minimum absolute atomic E-state index is 0.192. The average molecular weight is 328 g/mol. The van der Waals surface area contributed by atoms with Crippen LogP contribution in [-0.4, -0.2) is 17.1 Å². The Bertz CT molecular complexity index is 666. The molecule has 1 aliphatic carbocycles. The highest BCUT2D eigenvalue weighted by Crippen LogP contribution is 2.18. The largest absolute Gasteiger partial charge is 0.340 e. The van der Waals surface area contributed by atoms with Crippen molar-refractivity contribution in [3.8, 4) is 0 Å². The summed E-state index contributed by atoms with van der Waals surface area (Å²) in [5.41, 5.74) is 1.38. The first-order chi connectivity index (χ1) is 11.7. The molecule has 24 heavy (non-hydrogen) atoms. The highest BCUT2D eigenvalue weighted by atomic mass is 19.1. The van der Waals surface area contributed by atoms with Gasteiger partial charge in [0.2, 0.25) is 0 Å². The normalized spacial score (nSPS) is 14.9. The first-order valence-electron chi connectivity index (χ1n) is 8.25. The standard InChI is InChI=1S/C18H21FN4O/c19-13-6-8-15(9-7-13)21-17-11-10-16(12-20-17)23-18(24)22-14-4-2-1-3-5-14/h6-12,14H,1-5H2,(H,20,21)(H2,22,23,24). The van der Waals surface area contributed by atoms with Crippen LogP contribution in [-0.2, 0) is 0 Å². The van der Waals surface area contributed by atoms with Gasteiger partial charge in [-0.25, -0.2) is 14.2 Å². The van der Waals surface area contributed by atoms with Crippen molar-refractivity contribution in [1.82, 2.24) is 10.3 Å². The van der Waals surface area contributed by atoms with E-state index in [2.05, 4.69) is 20.9 Å². The molecule has 2 amide bonds. The molecule has 3 N–H and O–H groups in total. The number of hydrogen-bond acceptors (Lipinski definition) is 3. The Hall–Kier alpha value is -2.63. The number of hydrogen-bond donors (Lipinski definition) is 3. The van der Waals surface area contributed by atoms with Gasteiger partial charge in [-0.2, -0.15) is 0 Å². The Labute approximate surface area is 140 Å². The second-order valence-electron chi connectivity index (χ2n) is 6.00. The van der Waals surface area contributed by atoms with E-state index in [4.69, 9.17) is 0 Å². The van der Waals surface area contributed by atoms with E-state index in [0.717, 1.165) is 18.5 Å². The summed E-state index contributed by atoms with van der Waals surface area (Å²) < 4.78 is 12.9. The number of pyridine rings is 1. The van der Waals surface area contributed by atoms with E-state index in [1.54, 1.807) is 30.5 Å². The van der Waals surface area contributed by atoms with E-state index < -0.39 is 0 Å². The van der Waals surface area contributed by atoms with Gasteiger partial charge in [0.25, 0.3) is 0 Å². The monoisotopic (exact) mass is 328 g/mol. The predicted molar refractivity (Wildman–Crippen MR) is 92.9 cm³/mol. The van der Waals surface area contributed by atoms with Crippen molar-refractivity contribution in [3.63, 3.8) is 0 Å². The van der Waals surface area contributed by atoms with E-state index in [0.29, 0.717) is 11.5 Å². The third-order valence-electron chi connectivity index (χ3n) is 4.08. The molecule has 0 bridgehead atoms. The number of benzene rings is 1. The van der Waals surface area contributed by atoms with E-state index in [-0.39, 0.29) is 17.9 Å². The van der Waals surface area contributed by atoms with Gasteiger partial charge in [-0.05, 0) is 49.2 Å². The predicted octanol–water partition coefficient (Wildman–Crippen LogP) is 4.42. The molecular formula is C18H21FN4O. The van der Waals surface area contributed by atoms with Crippen LogP contribution in [0, 0.1) is 5.82 Å². The van der Waals surface area contributed by atoms with Gasteiger partial charge in [-0.1, -0.05) is 19.3 Å². The van der Waals surface area contributed by atoms with Gasteiger partial charge < -0.3 is 16.0 Å². The molecule has 1 aliphatic rings. The maximum atomic E-state index is 12.9. The SMILES string of the molecule is O=C(Nc1ccc(Nc2ccc(F)cc2)nc1)NC1CCCCC1. The summed E-state index contributed by atoms with van der Waals surface area (Å²) in [6.07, 6.45) is 7.30. The minimum Gasteiger partial charge on any atom is -0.340 e. The van der Waals surface area contributed by atoms with Crippen LogP contribution in [0.3, 0.4) is 0 Å². The molecule has 1 fully saturated rings. The van der Waals surface area contributed by atoms with E-state index in [1.807, 2.05) is 0 Å². The van der Waals surface area contributed by atoms with Crippen LogP contribution in [0.15, 0.2) is 42.6 Å². The summed E-state index contributed by atoms with van der Waals surface area (Å²) in [5, 5.41) is 8.87. The fourth-order valence-corrected chi connectivity index (χ4v) is 2.82. The fraction of sp³-hybridized carbons (Fsp3) is 0.333. The number of anilines is 3. The molecule has 0 unspecified atom stereocenters. The molecule has 126 valence electrons. The van der Waals surface area contributed by atoms with Crippen molar-refractivity contribution in [2.45, 2.75) is 38.1 Å². The third kappa shape index (κ3) is 4.68. The molecular weight excluding hydrogens is 307 g/mol. The second kappa shape index (κ2) is 7.77. The number of carbonyl (C=O) groups is 1. The van der Waals surface area contributed by atoms with Crippen molar-refractivity contribution >= 4 is 23.2 Å². The number of urea groups is 1. The molecule has 1 saturated carbocycles. The van der Waals surface area contributed by atoms with Crippen molar-refractivity contribution in [3.05, 3.63) is 48.4 Å². The Morgan fingerprint density at radius 3 is 2.38 bits per heavy atom. The Morgan fingerprint density at radius 2 is 1.71 bits per heavy atom. The van der Waals surface area contributed by atoms with Crippen LogP contribution in [0.5, 0.6) is 0 Å². The first kappa shape index (κ1) is 16.2. The zero-order valence-corrected chi connectivity index (χ0v) is 13.4. The zero-order chi connectivity index (χ0) is 16.8. The smallest absolute Gasteiger partial charge is 0.319 e. The lowest BCUT2D eigenvalue weighted by Gasteiger charge is -2.22. The molecule has 1 aromatic heterocycles. The molecule has 0 radical (unpaired) electrons. The maximum Gasteiger partial charge on any atom is 0.319 e. The number of rotatable bonds is 4. The lowest BCUT2D eigenvalue weighted by Crippen LogP contribution is -2.39. The number of halogens is 1. The van der Waals surface area contributed by atoms with Gasteiger partial charge in [0.05, 0.1) is 11.9 Å². The number of amides is 2. The lowest BCUT2D eigenvalue weighted by atomic mass is 9.96. The summed E-state index contributed by atoms with van der Waals surface area (Å²) in [4.78, 5) is 16.2. The first-order valence-corrected chi connectivity index (χ1v) is 8.25. The van der Waals surface area contributed by atoms with Gasteiger partial charge in [0.15, 0.2) is 0 Å². The number of nitrogens with one attached hydrogen (secondary N) is 3. The van der Waals surface area contributed by atoms with Crippen LogP contribution in [0.25, 0.3) is 0 Å². The third-order valence-corrected chi connectivity index (χ3v) is 4.08. The van der Waals surface area contributed by atoms with Crippen LogP contribution < -0.4 is 16.0 Å². The van der Waals surface area contributed by atoms with E-state index in [9.17, 15) is 9.18 Å². The number of nitrogens with zero attached hydrogens (tertiary/aromatic N) is 1. The molecule has 6 heteroatoms. The summed E-state index contributed by atoms with van der Waals surface area (Å²) in [7, 11) is 0. The Balaban J connectivity index is 1.52. The number of carbonyl (C=O) groups excluding carboxylic acids is 1. The van der Waals surface area contributed by atoms with Gasteiger partial charge >= 0.3 is 6.03 Å². The summed E-state index contributed by atoms with van der Waals surface area (Å²) in [6.45, 7) is 0. The summed E-state index contributed by atoms with van der Waals surface area (Å²) >= 11 is 0. The van der Waals surface area contributed by atoms with Gasteiger partial charge in [-0.3, -0.25) is 0 Å². The molecule has 0 saturated heterocycles. The molecule has 5 nitrogen and oxygen atoms in total. The van der Waals surface area contributed by atoms with Crippen molar-refractivity contribution in [1.29, 1.82) is 0 Å². The Kier molecular flexibility index (Phi) is 5.25. The second-order valence-corrected chi connectivity index (χ2v) is 6.00. The molecule has 0 aliphatic heterocycles. The lowest BCUT2D eigenvalue weighted by molar-refractivity contribution is 0.244. The van der Waals surface area contributed by atoms with Gasteiger partial charge in [0.1, 0.15) is 11.6 Å². The van der Waals surface area contributed by atoms with Gasteiger partial charge in [0, 0.05) is 11.7 Å². The summed E-state index contributed by atoms with van der Waals surface area (Å²) in [6, 6.07) is 9.66. The molecule has 0 spiro atoms. The summed E-state index contributed by atoms with van der Waals surface area (Å²) in [5.74, 6) is 0.344. The molecule has 3 rings (SSSR count). The van der Waals surface area contributed by atoms with Crippen molar-refractivity contribution in [2.24, 2.45) is 0 Å². The van der Waals surface area contributed by atoms with Crippen LogP contribution in [0.2, 0.25) is 0 Å². The molecule has 1 heterocycles. The number of aromatic nitrogens is 1. The van der Waals surface area contributed by atoms with E-state index >= 15 is 0 Å². The van der Waals surface area contributed by atoms with Crippen molar-refractivity contribution in [2.75, 3.05) is 10.6 Å². The topological polar surface area (TPSA) is 66.0 Å². The molecule has 1 aromatic carbocycles. The highest BCUT2D eigenvalue weighted by Gasteiger charge is 2.15. The van der Waals surface area contributed by atoms with E-state index in [1.165, 1.54) is 31.4 Å². The van der Waals surface area contributed by atoms with Crippen LogP contribution >= 0.6 is 0 Å². The zero-order valence-electron chi connectivity index (χ0n) is 13.4. The Morgan fingerprint density at radius 1 is 1.00 bits per heavy atom. The van der Waals surface area contributed by atoms with Crippen LogP contribution in [0.1, 0.15) is 32.1 Å².